The van der Waals surface area contributed by atoms with Gasteiger partial charge in [0, 0.05) is 26.7 Å². The van der Waals surface area contributed by atoms with Crippen LogP contribution in [0.4, 0.5) is 0 Å². The molecular weight excluding hydrogens is 437 g/mol. The maximum Gasteiger partial charge on any atom is 0.191 e. The first-order valence-corrected chi connectivity index (χ1v) is 8.93. The predicted octanol–water partition coefficient (Wildman–Crippen LogP) is 4.27. The summed E-state index contributed by atoms with van der Waals surface area (Å²) < 4.78 is 5.42. The minimum Gasteiger partial charge on any atom is -0.377 e. The summed E-state index contributed by atoms with van der Waals surface area (Å²) in [5.41, 5.74) is 5.10. The van der Waals surface area contributed by atoms with Crippen molar-refractivity contribution in [3.05, 3.63) is 70.8 Å². The predicted molar refractivity (Wildman–Crippen MR) is 120 cm³/mol. The van der Waals surface area contributed by atoms with Crippen LogP contribution in [0.5, 0.6) is 0 Å². The number of guanidine groups is 1. The van der Waals surface area contributed by atoms with E-state index in [2.05, 4.69) is 71.1 Å². The first-order chi connectivity index (χ1) is 12.3. The molecule has 4 nitrogen and oxygen atoms in total. The Morgan fingerprint density at radius 2 is 1.50 bits per heavy atom. The molecule has 5 heteroatoms. The van der Waals surface area contributed by atoms with Crippen LogP contribution in [0.3, 0.4) is 0 Å². The van der Waals surface area contributed by atoms with Crippen molar-refractivity contribution in [1.29, 1.82) is 0 Å². The number of rotatable bonds is 8. The summed E-state index contributed by atoms with van der Waals surface area (Å²) in [6, 6.07) is 17.0. The van der Waals surface area contributed by atoms with E-state index >= 15 is 0 Å². The molecule has 0 atom stereocenters. The molecule has 0 aliphatic rings. The van der Waals surface area contributed by atoms with Gasteiger partial charge in [0.05, 0.1) is 6.61 Å². The van der Waals surface area contributed by atoms with E-state index in [-0.39, 0.29) is 24.0 Å². The molecule has 0 aliphatic carbocycles. The minimum atomic E-state index is 0. The molecular formula is C21H30IN3O. The molecule has 142 valence electrons. The highest BCUT2D eigenvalue weighted by Crippen LogP contribution is 2.09. The van der Waals surface area contributed by atoms with Crippen molar-refractivity contribution < 1.29 is 4.74 Å². The second-order valence-corrected chi connectivity index (χ2v) is 5.86. The Kier molecular flexibility index (Phi) is 11.0. The lowest BCUT2D eigenvalue weighted by atomic mass is 10.1. The highest BCUT2D eigenvalue weighted by molar-refractivity contribution is 14.0. The number of nitrogens with one attached hydrogen (secondary N) is 2. The molecule has 2 N–H and O–H groups in total. The zero-order chi connectivity index (χ0) is 17.9. The van der Waals surface area contributed by atoms with Gasteiger partial charge in [0.2, 0.25) is 0 Å². The molecule has 0 heterocycles. The van der Waals surface area contributed by atoms with E-state index in [1.54, 1.807) is 7.05 Å². The van der Waals surface area contributed by atoms with E-state index in [9.17, 15) is 0 Å². The number of hydrogen-bond acceptors (Lipinski definition) is 2. The van der Waals surface area contributed by atoms with Gasteiger partial charge in [-0.2, -0.15) is 0 Å². The second-order valence-electron chi connectivity index (χ2n) is 5.86. The number of ether oxygens (including phenoxy) is 1. The number of halogens is 1. The highest BCUT2D eigenvalue weighted by Gasteiger charge is 2.02. The van der Waals surface area contributed by atoms with Crippen molar-refractivity contribution in [3.63, 3.8) is 0 Å². The van der Waals surface area contributed by atoms with E-state index in [4.69, 9.17) is 4.74 Å². The van der Waals surface area contributed by atoms with Crippen LogP contribution >= 0.6 is 24.0 Å². The van der Waals surface area contributed by atoms with Crippen molar-refractivity contribution in [1.82, 2.24) is 10.6 Å². The standard InChI is InChI=1S/C21H29N3O.HI/c1-4-19-8-6-7-9-20(19)15-24-21(22-3)23-14-17-10-12-18(13-11-17)16-25-5-2;/h6-13H,4-5,14-16H2,1-3H3,(H2,22,23,24);1H. The summed E-state index contributed by atoms with van der Waals surface area (Å²) in [4.78, 5) is 4.31. The first-order valence-electron chi connectivity index (χ1n) is 8.93. The maximum atomic E-state index is 5.42. The monoisotopic (exact) mass is 467 g/mol. The Morgan fingerprint density at radius 3 is 2.12 bits per heavy atom. The normalized spacial score (nSPS) is 11.0. The number of nitrogens with zero attached hydrogens (tertiary/aromatic N) is 1. The Hall–Kier alpha value is -1.60. The van der Waals surface area contributed by atoms with Gasteiger partial charge in [-0.15, -0.1) is 24.0 Å². The fraction of sp³-hybridized carbons (Fsp3) is 0.381. The molecule has 0 saturated carbocycles. The van der Waals surface area contributed by atoms with Gasteiger partial charge in [-0.05, 0) is 35.6 Å². The fourth-order valence-corrected chi connectivity index (χ4v) is 2.63. The highest BCUT2D eigenvalue weighted by atomic mass is 127. The summed E-state index contributed by atoms with van der Waals surface area (Å²) in [5, 5.41) is 6.75. The first kappa shape index (κ1) is 22.4. The molecule has 2 rings (SSSR count). The molecule has 0 aliphatic heterocycles. The topological polar surface area (TPSA) is 45.6 Å². The van der Waals surface area contributed by atoms with Gasteiger partial charge in [0.25, 0.3) is 0 Å². The van der Waals surface area contributed by atoms with Crippen molar-refractivity contribution in [2.75, 3.05) is 13.7 Å². The third-order valence-electron chi connectivity index (χ3n) is 4.12. The molecule has 0 unspecified atom stereocenters. The average molecular weight is 467 g/mol. The van der Waals surface area contributed by atoms with Crippen LogP contribution < -0.4 is 10.6 Å². The summed E-state index contributed by atoms with van der Waals surface area (Å²) in [7, 11) is 1.80. The van der Waals surface area contributed by atoms with Crippen LogP contribution in [0.25, 0.3) is 0 Å². The molecule has 0 radical (unpaired) electrons. The number of benzene rings is 2. The molecule has 0 fully saturated rings. The molecule has 0 aromatic heterocycles. The molecule has 26 heavy (non-hydrogen) atoms. The fourth-order valence-electron chi connectivity index (χ4n) is 2.63. The van der Waals surface area contributed by atoms with Crippen LogP contribution in [0.15, 0.2) is 53.5 Å². The van der Waals surface area contributed by atoms with Gasteiger partial charge in [-0.25, -0.2) is 0 Å². The van der Waals surface area contributed by atoms with Gasteiger partial charge >= 0.3 is 0 Å². The van der Waals surface area contributed by atoms with Crippen LogP contribution in [0.1, 0.15) is 36.1 Å². The molecule has 2 aromatic carbocycles. The molecule has 0 amide bonds. The third kappa shape index (κ3) is 7.33. The molecule has 2 aromatic rings. The lowest BCUT2D eigenvalue weighted by Gasteiger charge is -2.14. The lowest BCUT2D eigenvalue weighted by molar-refractivity contribution is 0.134. The number of aliphatic imine (C=N–C) groups is 1. The van der Waals surface area contributed by atoms with Crippen LogP contribution in [0.2, 0.25) is 0 Å². The molecule has 0 saturated heterocycles. The quantitative estimate of drug-likeness (QED) is 0.346. The second kappa shape index (κ2) is 12.7. The van der Waals surface area contributed by atoms with Crippen LogP contribution in [-0.4, -0.2) is 19.6 Å². The van der Waals surface area contributed by atoms with Crippen molar-refractivity contribution in [3.8, 4) is 0 Å². The third-order valence-corrected chi connectivity index (χ3v) is 4.12. The minimum absolute atomic E-state index is 0. The Morgan fingerprint density at radius 1 is 0.885 bits per heavy atom. The van der Waals surface area contributed by atoms with E-state index < -0.39 is 0 Å². The average Bonchev–Trinajstić information content (AvgIpc) is 2.67. The van der Waals surface area contributed by atoms with Gasteiger partial charge in [0.1, 0.15) is 0 Å². The summed E-state index contributed by atoms with van der Waals surface area (Å²) in [6.07, 6.45) is 1.04. The van der Waals surface area contributed by atoms with Crippen molar-refractivity contribution in [2.24, 2.45) is 4.99 Å². The summed E-state index contributed by atoms with van der Waals surface area (Å²) in [5.74, 6) is 0.810. The summed E-state index contributed by atoms with van der Waals surface area (Å²) in [6.45, 7) is 7.12. The summed E-state index contributed by atoms with van der Waals surface area (Å²) >= 11 is 0. The Bertz CT molecular complexity index is 671. The zero-order valence-corrected chi connectivity index (χ0v) is 18.2. The number of aryl methyl sites for hydroxylation is 1. The van der Waals surface area contributed by atoms with E-state index in [1.165, 1.54) is 22.3 Å². The van der Waals surface area contributed by atoms with E-state index in [1.807, 2.05) is 6.92 Å². The zero-order valence-electron chi connectivity index (χ0n) is 15.9. The lowest BCUT2D eigenvalue weighted by Crippen LogP contribution is -2.36. The molecule has 0 spiro atoms. The largest absolute Gasteiger partial charge is 0.377 e. The van der Waals surface area contributed by atoms with E-state index in [0.29, 0.717) is 6.61 Å². The van der Waals surface area contributed by atoms with Crippen molar-refractivity contribution >= 4 is 29.9 Å². The molecule has 0 bridgehead atoms. The van der Waals surface area contributed by atoms with Crippen LogP contribution in [-0.2, 0) is 30.9 Å². The van der Waals surface area contributed by atoms with Gasteiger partial charge in [-0.3, -0.25) is 4.99 Å². The van der Waals surface area contributed by atoms with Gasteiger partial charge < -0.3 is 15.4 Å². The Balaban J connectivity index is 0.00000338. The maximum absolute atomic E-state index is 5.42. The smallest absolute Gasteiger partial charge is 0.191 e. The Labute approximate surface area is 174 Å². The van der Waals surface area contributed by atoms with Crippen molar-refractivity contribution in [2.45, 2.75) is 40.0 Å². The number of hydrogen-bond donors (Lipinski definition) is 2. The van der Waals surface area contributed by atoms with E-state index in [0.717, 1.165) is 32.1 Å². The van der Waals surface area contributed by atoms with Gasteiger partial charge in [0.15, 0.2) is 5.96 Å². The van der Waals surface area contributed by atoms with Gasteiger partial charge in [-0.1, -0.05) is 55.5 Å². The van der Waals surface area contributed by atoms with Crippen LogP contribution in [0, 0.1) is 0 Å². The SMILES string of the molecule is CCOCc1ccc(CNC(=NC)NCc2ccccc2CC)cc1.I.